The molecule has 0 aliphatic carbocycles. The molecule has 0 saturated carbocycles. The number of thioether (sulfide) groups is 1. The van der Waals surface area contributed by atoms with E-state index in [1.807, 2.05) is 72.8 Å². The van der Waals surface area contributed by atoms with Crippen LogP contribution in [0.2, 0.25) is 5.02 Å². The van der Waals surface area contributed by atoms with Crippen molar-refractivity contribution in [2.45, 2.75) is 23.6 Å². The SMILES string of the molecule is CCn1c2ccccc2c2cc(NC(=O)C(Sc3ccc(NC(=O)/C(=C/c4ccccc4Cl)NC(=O)c4ccccc4)cc3)c3ccccc3)ccc21. The zero-order valence-corrected chi connectivity index (χ0v) is 30.3. The number of fused-ring (bicyclic) bond motifs is 3. The molecule has 0 spiro atoms. The molecule has 1 atom stereocenters. The highest BCUT2D eigenvalue weighted by Crippen LogP contribution is 2.38. The Morgan fingerprint density at radius 1 is 0.698 bits per heavy atom. The highest BCUT2D eigenvalue weighted by atomic mass is 35.5. The lowest BCUT2D eigenvalue weighted by atomic mass is 10.1. The van der Waals surface area contributed by atoms with Crippen LogP contribution in [0.5, 0.6) is 0 Å². The Bertz CT molecular complexity index is 2460. The third-order valence-electron chi connectivity index (χ3n) is 8.80. The van der Waals surface area contributed by atoms with Crippen molar-refractivity contribution in [1.82, 2.24) is 9.88 Å². The summed E-state index contributed by atoms with van der Waals surface area (Å²) < 4.78 is 2.28. The molecule has 7 nitrogen and oxygen atoms in total. The zero-order chi connectivity index (χ0) is 36.7. The summed E-state index contributed by atoms with van der Waals surface area (Å²) in [5.41, 5.74) is 5.40. The van der Waals surface area contributed by atoms with Gasteiger partial charge in [-0.3, -0.25) is 14.4 Å². The minimum absolute atomic E-state index is 0.0312. The predicted octanol–water partition coefficient (Wildman–Crippen LogP) is 10.3. The number of rotatable bonds is 11. The highest BCUT2D eigenvalue weighted by molar-refractivity contribution is 8.00. The molecule has 7 aromatic rings. The molecular formula is C44H35ClN4O3S. The molecule has 0 radical (unpaired) electrons. The average Bonchev–Trinajstić information content (AvgIpc) is 3.51. The van der Waals surface area contributed by atoms with Gasteiger partial charge in [-0.1, -0.05) is 96.5 Å². The van der Waals surface area contributed by atoms with Gasteiger partial charge in [0.1, 0.15) is 10.9 Å². The molecule has 53 heavy (non-hydrogen) atoms. The average molecular weight is 735 g/mol. The number of amides is 3. The Hall–Kier alpha value is -6.09. The number of hydrogen-bond donors (Lipinski definition) is 3. The highest BCUT2D eigenvalue weighted by Gasteiger charge is 2.23. The standard InChI is InChI=1S/C44H35ClN4O3S/c1-2-49-39-20-12-10-18-35(39)36-28-33(23-26-40(36)49)47-44(52)41(29-13-5-3-6-14-29)53-34-24-21-32(22-25-34)46-43(51)38(27-31-17-9-11-19-37(31)45)48-42(50)30-15-7-4-8-16-30/h3-28,41H,2H2,1H3,(H,46,51)(H,47,52)(H,48,50)/b38-27-. The maximum absolute atomic E-state index is 14.0. The number of halogens is 1. The Labute approximate surface area is 316 Å². The predicted molar refractivity (Wildman–Crippen MR) is 217 cm³/mol. The maximum Gasteiger partial charge on any atom is 0.272 e. The van der Waals surface area contributed by atoms with E-state index >= 15 is 0 Å². The molecule has 9 heteroatoms. The summed E-state index contributed by atoms with van der Waals surface area (Å²) in [6.07, 6.45) is 1.55. The number of para-hydroxylation sites is 1. The van der Waals surface area contributed by atoms with E-state index in [0.717, 1.165) is 44.5 Å². The third-order valence-corrected chi connectivity index (χ3v) is 10.4. The lowest BCUT2D eigenvalue weighted by Gasteiger charge is -2.18. The summed E-state index contributed by atoms with van der Waals surface area (Å²) in [4.78, 5) is 41.4. The second-order valence-electron chi connectivity index (χ2n) is 12.3. The van der Waals surface area contributed by atoms with Crippen LogP contribution in [0.3, 0.4) is 0 Å². The fourth-order valence-electron chi connectivity index (χ4n) is 6.22. The molecule has 3 N–H and O–H groups in total. The number of aromatic nitrogens is 1. The minimum atomic E-state index is -0.553. The molecule has 0 aliphatic rings. The fourth-order valence-corrected chi connectivity index (χ4v) is 7.44. The molecule has 1 aromatic heterocycles. The van der Waals surface area contributed by atoms with Gasteiger partial charge in [-0.05, 0) is 90.9 Å². The number of carbonyl (C=O) groups excluding carboxylic acids is 3. The van der Waals surface area contributed by atoms with Crippen LogP contribution in [0.15, 0.2) is 162 Å². The molecule has 1 heterocycles. The smallest absolute Gasteiger partial charge is 0.272 e. The van der Waals surface area contributed by atoms with Crippen LogP contribution >= 0.6 is 23.4 Å². The van der Waals surface area contributed by atoms with Crippen LogP contribution in [0.4, 0.5) is 11.4 Å². The van der Waals surface area contributed by atoms with Crippen molar-refractivity contribution < 1.29 is 14.4 Å². The van der Waals surface area contributed by atoms with Crippen LogP contribution in [-0.4, -0.2) is 22.3 Å². The van der Waals surface area contributed by atoms with Gasteiger partial charge < -0.3 is 20.5 Å². The molecule has 262 valence electrons. The van der Waals surface area contributed by atoms with Crippen molar-refractivity contribution in [2.75, 3.05) is 10.6 Å². The number of anilines is 2. The first-order valence-electron chi connectivity index (χ1n) is 17.2. The Morgan fingerprint density at radius 3 is 2.08 bits per heavy atom. The lowest BCUT2D eigenvalue weighted by Crippen LogP contribution is -2.30. The first-order chi connectivity index (χ1) is 25.9. The Balaban J connectivity index is 1.10. The summed E-state index contributed by atoms with van der Waals surface area (Å²) in [7, 11) is 0. The van der Waals surface area contributed by atoms with Crippen LogP contribution in [-0.2, 0) is 16.1 Å². The topological polar surface area (TPSA) is 92.2 Å². The summed E-state index contributed by atoms with van der Waals surface area (Å²) in [5, 5.41) is 10.9. The van der Waals surface area contributed by atoms with E-state index in [9.17, 15) is 14.4 Å². The molecule has 6 aromatic carbocycles. The summed E-state index contributed by atoms with van der Waals surface area (Å²) in [6, 6.07) is 47.0. The van der Waals surface area contributed by atoms with Gasteiger partial charge in [0.15, 0.2) is 0 Å². The number of nitrogens with zero attached hydrogens (tertiary/aromatic N) is 1. The molecule has 0 aliphatic heterocycles. The Kier molecular flexibility index (Phi) is 10.7. The first-order valence-corrected chi connectivity index (χ1v) is 18.4. The Morgan fingerprint density at radius 2 is 1.34 bits per heavy atom. The van der Waals surface area contributed by atoms with Crippen LogP contribution in [0.1, 0.15) is 33.7 Å². The second-order valence-corrected chi connectivity index (χ2v) is 13.9. The molecule has 0 saturated heterocycles. The van der Waals surface area contributed by atoms with Crippen molar-refractivity contribution in [3.05, 3.63) is 179 Å². The quantitative estimate of drug-likeness (QED) is 0.0911. The second kappa shape index (κ2) is 16.1. The van der Waals surface area contributed by atoms with Crippen molar-refractivity contribution in [1.29, 1.82) is 0 Å². The minimum Gasteiger partial charge on any atom is -0.341 e. The van der Waals surface area contributed by atoms with Gasteiger partial charge in [-0.25, -0.2) is 0 Å². The number of benzene rings is 6. The summed E-state index contributed by atoms with van der Waals surface area (Å²) in [5.74, 6) is -1.10. The van der Waals surface area contributed by atoms with Gasteiger partial charge in [0, 0.05) is 55.2 Å². The summed E-state index contributed by atoms with van der Waals surface area (Å²) >= 11 is 7.80. The summed E-state index contributed by atoms with van der Waals surface area (Å²) in [6.45, 7) is 2.98. The first kappa shape index (κ1) is 35.3. The molecule has 0 fully saturated rings. The molecule has 3 amide bonds. The molecule has 1 unspecified atom stereocenters. The van der Waals surface area contributed by atoms with E-state index in [0.29, 0.717) is 21.8 Å². The van der Waals surface area contributed by atoms with E-state index in [-0.39, 0.29) is 11.6 Å². The fraction of sp³-hybridized carbons (Fsp3) is 0.0682. The van der Waals surface area contributed by atoms with Crippen molar-refractivity contribution in [2.24, 2.45) is 0 Å². The van der Waals surface area contributed by atoms with Crippen molar-refractivity contribution in [3.63, 3.8) is 0 Å². The normalized spacial score (nSPS) is 12.0. The number of hydrogen-bond acceptors (Lipinski definition) is 4. The van der Waals surface area contributed by atoms with Gasteiger partial charge in [-0.15, -0.1) is 11.8 Å². The van der Waals surface area contributed by atoms with Crippen LogP contribution in [0.25, 0.3) is 27.9 Å². The molecule has 0 bridgehead atoms. The van der Waals surface area contributed by atoms with Crippen molar-refractivity contribution in [3.8, 4) is 0 Å². The van der Waals surface area contributed by atoms with E-state index in [1.54, 1.807) is 66.7 Å². The van der Waals surface area contributed by atoms with E-state index < -0.39 is 17.1 Å². The number of nitrogens with one attached hydrogen (secondary N) is 3. The lowest BCUT2D eigenvalue weighted by molar-refractivity contribution is -0.116. The maximum atomic E-state index is 14.0. The van der Waals surface area contributed by atoms with Crippen LogP contribution in [0, 0.1) is 0 Å². The zero-order valence-electron chi connectivity index (χ0n) is 28.8. The van der Waals surface area contributed by atoms with Gasteiger partial charge in [0.2, 0.25) is 5.91 Å². The number of aryl methyl sites for hydroxylation is 1. The van der Waals surface area contributed by atoms with Crippen molar-refractivity contribution >= 4 is 80.3 Å². The monoisotopic (exact) mass is 734 g/mol. The van der Waals surface area contributed by atoms with E-state index in [4.69, 9.17) is 11.6 Å². The van der Waals surface area contributed by atoms with Gasteiger partial charge >= 0.3 is 0 Å². The van der Waals surface area contributed by atoms with Gasteiger partial charge in [-0.2, -0.15) is 0 Å². The van der Waals surface area contributed by atoms with Gasteiger partial charge in [0.25, 0.3) is 11.8 Å². The molecular weight excluding hydrogens is 700 g/mol. The molecule has 7 rings (SSSR count). The van der Waals surface area contributed by atoms with Gasteiger partial charge in [0.05, 0.1) is 0 Å². The van der Waals surface area contributed by atoms with E-state index in [2.05, 4.69) is 45.6 Å². The van der Waals surface area contributed by atoms with E-state index in [1.165, 1.54) is 11.8 Å². The number of carbonyl (C=O) groups is 3. The third kappa shape index (κ3) is 8.04. The van der Waals surface area contributed by atoms with Crippen LogP contribution < -0.4 is 16.0 Å². The largest absolute Gasteiger partial charge is 0.341 e.